The number of hydrogen-bond acceptors (Lipinski definition) is 3. The number of nitrogens with zero attached hydrogens (tertiary/aromatic N) is 1. The molecule has 5 heteroatoms. The van der Waals surface area contributed by atoms with Crippen molar-refractivity contribution in [1.29, 1.82) is 0 Å². The van der Waals surface area contributed by atoms with E-state index in [0.717, 1.165) is 11.3 Å². The number of methoxy groups -OCH3 is 1. The topological polar surface area (TPSA) is 64.1 Å². The number of ether oxygens (including phenoxy) is 1. The summed E-state index contributed by atoms with van der Waals surface area (Å²) in [7, 11) is 1.60. The van der Waals surface area contributed by atoms with E-state index in [1.807, 2.05) is 24.3 Å². The lowest BCUT2D eigenvalue weighted by Gasteiger charge is -1.98. The van der Waals surface area contributed by atoms with E-state index in [1.54, 1.807) is 7.11 Å². The second-order valence-corrected chi connectivity index (χ2v) is 3.77. The van der Waals surface area contributed by atoms with Crippen LogP contribution in [0.3, 0.4) is 0 Å². The molecule has 0 saturated heterocycles. The summed E-state index contributed by atoms with van der Waals surface area (Å²) < 4.78 is 6.37. The van der Waals surface area contributed by atoms with E-state index in [1.165, 1.54) is 16.8 Å². The molecule has 2 rings (SSSR count). The first-order chi connectivity index (χ1) is 9.19. The van der Waals surface area contributed by atoms with Gasteiger partial charge in [-0.05, 0) is 24.3 Å². The van der Waals surface area contributed by atoms with E-state index in [2.05, 4.69) is 16.8 Å². The van der Waals surface area contributed by atoms with Crippen LogP contribution in [-0.4, -0.2) is 16.7 Å². The molecular formula is C14H12N2O3. The lowest BCUT2D eigenvalue weighted by atomic mass is 10.2. The molecule has 0 spiro atoms. The molecular weight excluding hydrogens is 244 g/mol. The molecule has 19 heavy (non-hydrogen) atoms. The minimum Gasteiger partial charge on any atom is -0.497 e. The van der Waals surface area contributed by atoms with Gasteiger partial charge in [0, 0.05) is 17.8 Å². The van der Waals surface area contributed by atoms with E-state index in [-0.39, 0.29) is 6.54 Å². The second-order valence-electron chi connectivity index (χ2n) is 3.77. The minimum absolute atomic E-state index is 0.224. The Labute approximate surface area is 109 Å². The van der Waals surface area contributed by atoms with Gasteiger partial charge in [-0.2, -0.15) is 0 Å². The van der Waals surface area contributed by atoms with Crippen molar-refractivity contribution in [2.45, 2.75) is 6.54 Å². The maximum Gasteiger partial charge on any atom is 0.329 e. The van der Waals surface area contributed by atoms with Gasteiger partial charge < -0.3 is 4.74 Å². The smallest absolute Gasteiger partial charge is 0.329 e. The molecule has 1 heterocycles. The fourth-order valence-electron chi connectivity index (χ4n) is 1.47. The number of H-pyrrole nitrogens is 1. The zero-order chi connectivity index (χ0) is 13.7. The summed E-state index contributed by atoms with van der Waals surface area (Å²) in [6.07, 6.45) is 1.42. The van der Waals surface area contributed by atoms with E-state index in [9.17, 15) is 9.59 Å². The van der Waals surface area contributed by atoms with Crippen LogP contribution < -0.4 is 16.0 Å². The fourth-order valence-corrected chi connectivity index (χ4v) is 1.47. The number of aromatic nitrogens is 2. The molecule has 0 fully saturated rings. The van der Waals surface area contributed by atoms with Crippen molar-refractivity contribution >= 4 is 0 Å². The first-order valence-corrected chi connectivity index (χ1v) is 5.62. The number of benzene rings is 1. The monoisotopic (exact) mass is 256 g/mol. The molecule has 0 atom stereocenters. The molecule has 1 N–H and O–H groups in total. The van der Waals surface area contributed by atoms with Crippen molar-refractivity contribution in [3.8, 4) is 17.6 Å². The SMILES string of the molecule is COc1ccc(C#CCn2ccc(=O)[nH]c2=O)cc1. The third kappa shape index (κ3) is 3.36. The number of aromatic amines is 1. The van der Waals surface area contributed by atoms with Crippen molar-refractivity contribution in [3.05, 3.63) is 62.9 Å². The highest BCUT2D eigenvalue weighted by Crippen LogP contribution is 2.09. The minimum atomic E-state index is -0.462. The summed E-state index contributed by atoms with van der Waals surface area (Å²) in [4.78, 5) is 24.4. The van der Waals surface area contributed by atoms with Gasteiger partial charge in [-0.3, -0.25) is 14.3 Å². The predicted octanol–water partition coefficient (Wildman–Crippen LogP) is 0.597. The van der Waals surface area contributed by atoms with Gasteiger partial charge in [0.05, 0.1) is 13.7 Å². The first kappa shape index (κ1) is 12.7. The van der Waals surface area contributed by atoms with Crippen molar-refractivity contribution in [1.82, 2.24) is 9.55 Å². The van der Waals surface area contributed by atoms with Gasteiger partial charge in [0.1, 0.15) is 5.75 Å². The summed E-state index contributed by atoms with van der Waals surface area (Å²) in [5.74, 6) is 6.56. The van der Waals surface area contributed by atoms with E-state index in [0.29, 0.717) is 0 Å². The molecule has 96 valence electrons. The van der Waals surface area contributed by atoms with Crippen molar-refractivity contribution in [3.63, 3.8) is 0 Å². The fraction of sp³-hybridized carbons (Fsp3) is 0.143. The quantitative estimate of drug-likeness (QED) is 0.800. The highest BCUT2D eigenvalue weighted by molar-refractivity contribution is 5.38. The van der Waals surface area contributed by atoms with Gasteiger partial charge in [-0.15, -0.1) is 0 Å². The van der Waals surface area contributed by atoms with Gasteiger partial charge in [-0.1, -0.05) is 11.8 Å². The molecule has 0 bridgehead atoms. The van der Waals surface area contributed by atoms with Crippen LogP contribution in [0.1, 0.15) is 5.56 Å². The zero-order valence-electron chi connectivity index (χ0n) is 10.3. The molecule has 0 radical (unpaired) electrons. The molecule has 2 aromatic rings. The highest BCUT2D eigenvalue weighted by atomic mass is 16.5. The van der Waals surface area contributed by atoms with Crippen LogP contribution in [0.2, 0.25) is 0 Å². The molecule has 5 nitrogen and oxygen atoms in total. The summed E-state index contributed by atoms with van der Waals surface area (Å²) >= 11 is 0. The van der Waals surface area contributed by atoms with Crippen LogP contribution in [0, 0.1) is 11.8 Å². The Morgan fingerprint density at radius 2 is 1.95 bits per heavy atom. The van der Waals surface area contributed by atoms with Crippen LogP contribution in [-0.2, 0) is 6.54 Å². The van der Waals surface area contributed by atoms with Crippen LogP contribution >= 0.6 is 0 Å². The average molecular weight is 256 g/mol. The van der Waals surface area contributed by atoms with Gasteiger partial charge in [0.25, 0.3) is 5.56 Å². The summed E-state index contributed by atoms with van der Waals surface area (Å²) in [6, 6.07) is 8.59. The Morgan fingerprint density at radius 1 is 1.21 bits per heavy atom. The number of nitrogens with one attached hydrogen (secondary N) is 1. The van der Waals surface area contributed by atoms with E-state index >= 15 is 0 Å². The molecule has 1 aromatic carbocycles. The first-order valence-electron chi connectivity index (χ1n) is 5.62. The average Bonchev–Trinajstić information content (AvgIpc) is 2.42. The molecule has 0 amide bonds. The molecule has 0 aliphatic carbocycles. The standard InChI is InChI=1S/C14H12N2O3/c1-19-12-6-4-11(5-7-12)3-2-9-16-10-8-13(17)15-14(16)18/h4-8,10H,9H2,1H3,(H,15,17,18). The van der Waals surface area contributed by atoms with Gasteiger partial charge in [0.15, 0.2) is 0 Å². The van der Waals surface area contributed by atoms with Crippen molar-refractivity contribution in [2.75, 3.05) is 7.11 Å². The summed E-state index contributed by atoms with van der Waals surface area (Å²) in [5, 5.41) is 0. The third-order valence-electron chi connectivity index (χ3n) is 2.47. The van der Waals surface area contributed by atoms with Gasteiger partial charge in [0.2, 0.25) is 0 Å². The van der Waals surface area contributed by atoms with Crippen LogP contribution in [0.15, 0.2) is 46.1 Å². The predicted molar refractivity (Wildman–Crippen MR) is 71.2 cm³/mol. The zero-order valence-corrected chi connectivity index (χ0v) is 10.3. The second kappa shape index (κ2) is 5.74. The largest absolute Gasteiger partial charge is 0.497 e. The Hall–Kier alpha value is -2.74. The number of rotatable bonds is 2. The van der Waals surface area contributed by atoms with Crippen molar-refractivity contribution < 1.29 is 4.74 Å². The Balaban J connectivity index is 2.12. The van der Waals surface area contributed by atoms with E-state index in [4.69, 9.17) is 4.74 Å². The normalized spacial score (nSPS) is 9.53. The van der Waals surface area contributed by atoms with Crippen molar-refractivity contribution in [2.24, 2.45) is 0 Å². The van der Waals surface area contributed by atoms with Crippen LogP contribution in [0.5, 0.6) is 5.75 Å². The Morgan fingerprint density at radius 3 is 2.58 bits per heavy atom. The lowest BCUT2D eigenvalue weighted by Crippen LogP contribution is -2.28. The summed E-state index contributed by atoms with van der Waals surface area (Å²) in [5.41, 5.74) is -0.0424. The molecule has 0 saturated carbocycles. The molecule has 0 aliphatic rings. The maximum absolute atomic E-state index is 11.4. The Bertz CT molecular complexity index is 730. The Kier molecular flexibility index (Phi) is 3.84. The highest BCUT2D eigenvalue weighted by Gasteiger charge is 1.93. The molecule has 0 unspecified atom stereocenters. The van der Waals surface area contributed by atoms with Gasteiger partial charge in [-0.25, -0.2) is 4.79 Å². The summed E-state index contributed by atoms with van der Waals surface area (Å²) in [6.45, 7) is 0.224. The lowest BCUT2D eigenvalue weighted by molar-refractivity contribution is 0.415. The van der Waals surface area contributed by atoms with Crippen LogP contribution in [0.4, 0.5) is 0 Å². The maximum atomic E-state index is 11.4. The van der Waals surface area contributed by atoms with E-state index < -0.39 is 11.2 Å². The molecule has 1 aromatic heterocycles. The van der Waals surface area contributed by atoms with Crippen LogP contribution in [0.25, 0.3) is 0 Å². The number of hydrogen-bond donors (Lipinski definition) is 1. The molecule has 0 aliphatic heterocycles. The third-order valence-corrected chi connectivity index (χ3v) is 2.47. The van der Waals surface area contributed by atoms with Gasteiger partial charge >= 0.3 is 5.69 Å².